The predicted molar refractivity (Wildman–Crippen MR) is 158 cm³/mol. The van der Waals surface area contributed by atoms with Gasteiger partial charge in [-0.1, -0.05) is 72.3 Å². The van der Waals surface area contributed by atoms with Gasteiger partial charge in [0, 0.05) is 24.6 Å². The molecule has 0 aliphatic carbocycles. The van der Waals surface area contributed by atoms with Crippen molar-refractivity contribution < 1.29 is 22.8 Å². The van der Waals surface area contributed by atoms with Crippen LogP contribution in [-0.2, 0) is 32.6 Å². The predicted octanol–water partition coefficient (Wildman–Crippen LogP) is 4.13. The highest BCUT2D eigenvalue weighted by Crippen LogP contribution is 2.22. The Bertz CT molecular complexity index is 1450. The maximum Gasteiger partial charge on any atom is 0.244 e. The van der Waals surface area contributed by atoms with Gasteiger partial charge in [-0.3, -0.25) is 18.7 Å². The molecular weight excluding hydrogens is 526 g/mol. The average Bonchev–Trinajstić information content (AvgIpc) is 2.88. The molecule has 0 fully saturated rings. The van der Waals surface area contributed by atoms with E-state index in [9.17, 15) is 22.8 Å². The van der Waals surface area contributed by atoms with Crippen LogP contribution in [0.25, 0.3) is 0 Å². The van der Waals surface area contributed by atoms with Crippen LogP contribution in [0.4, 0.5) is 5.69 Å². The van der Waals surface area contributed by atoms with Crippen LogP contribution in [0.15, 0.2) is 78.9 Å². The van der Waals surface area contributed by atoms with Crippen molar-refractivity contribution in [1.29, 1.82) is 0 Å². The largest absolute Gasteiger partial charge is 0.352 e. The zero-order chi connectivity index (χ0) is 29.4. The Morgan fingerprint density at radius 1 is 0.875 bits per heavy atom. The molecule has 3 aromatic carbocycles. The lowest BCUT2D eigenvalue weighted by Gasteiger charge is -2.34. The van der Waals surface area contributed by atoms with E-state index in [1.54, 1.807) is 18.2 Å². The summed E-state index contributed by atoms with van der Waals surface area (Å²) in [6.07, 6.45) is 1.26. The first-order valence-electron chi connectivity index (χ1n) is 13.1. The molecule has 3 rings (SSSR count). The van der Waals surface area contributed by atoms with E-state index in [0.717, 1.165) is 27.3 Å². The molecule has 9 heteroatoms. The Morgan fingerprint density at radius 3 is 2.12 bits per heavy atom. The number of hydrogen-bond acceptors (Lipinski definition) is 5. The second-order valence-electron chi connectivity index (χ2n) is 10.3. The van der Waals surface area contributed by atoms with Crippen molar-refractivity contribution in [2.45, 2.75) is 52.7 Å². The van der Waals surface area contributed by atoms with Crippen LogP contribution in [0.3, 0.4) is 0 Å². The van der Waals surface area contributed by atoms with Crippen molar-refractivity contribution in [1.82, 2.24) is 10.2 Å². The molecular formula is C31H37N3O5S. The first-order chi connectivity index (χ1) is 18.8. The molecule has 40 heavy (non-hydrogen) atoms. The van der Waals surface area contributed by atoms with E-state index in [1.165, 1.54) is 17.9 Å². The van der Waals surface area contributed by atoms with E-state index in [1.807, 2.05) is 75.4 Å². The third kappa shape index (κ3) is 8.51. The minimum absolute atomic E-state index is 0.106. The van der Waals surface area contributed by atoms with Gasteiger partial charge in [-0.15, -0.1) is 0 Å². The van der Waals surface area contributed by atoms with Gasteiger partial charge >= 0.3 is 0 Å². The number of hydrogen-bond donors (Lipinski definition) is 1. The number of carbonyl (C=O) groups is 3. The van der Waals surface area contributed by atoms with E-state index in [2.05, 4.69) is 5.32 Å². The summed E-state index contributed by atoms with van der Waals surface area (Å²) >= 11 is 0. The van der Waals surface area contributed by atoms with Crippen molar-refractivity contribution in [3.05, 3.63) is 101 Å². The summed E-state index contributed by atoms with van der Waals surface area (Å²) in [5.74, 6) is -1.10. The number of benzene rings is 3. The van der Waals surface area contributed by atoms with E-state index in [-0.39, 0.29) is 36.4 Å². The molecule has 3 aromatic rings. The van der Waals surface area contributed by atoms with Crippen LogP contribution in [0, 0.1) is 6.92 Å². The van der Waals surface area contributed by atoms with Gasteiger partial charge in [-0.2, -0.15) is 0 Å². The topological polar surface area (TPSA) is 104 Å². The summed E-state index contributed by atoms with van der Waals surface area (Å²) in [6, 6.07) is 22.1. The third-order valence-electron chi connectivity index (χ3n) is 6.36. The minimum Gasteiger partial charge on any atom is -0.352 e. The lowest BCUT2D eigenvalue weighted by atomic mass is 10.0. The second-order valence-corrected chi connectivity index (χ2v) is 12.2. The number of carbonyl (C=O) groups excluding carboxylic acids is 3. The lowest BCUT2D eigenvalue weighted by Crippen LogP contribution is -2.54. The molecule has 8 nitrogen and oxygen atoms in total. The van der Waals surface area contributed by atoms with Crippen molar-refractivity contribution in [2.24, 2.45) is 0 Å². The minimum atomic E-state index is -3.92. The summed E-state index contributed by atoms with van der Waals surface area (Å²) in [5.41, 5.74) is 3.20. The zero-order valence-electron chi connectivity index (χ0n) is 23.6. The van der Waals surface area contributed by atoms with Crippen LogP contribution in [0.5, 0.6) is 0 Å². The number of nitrogens with one attached hydrogen (secondary N) is 1. The zero-order valence-corrected chi connectivity index (χ0v) is 24.4. The number of Topliss-reactive ketones (excluding diaryl/α,β-unsaturated/α-hetero) is 1. The van der Waals surface area contributed by atoms with Crippen LogP contribution in [0.1, 0.15) is 47.8 Å². The number of rotatable bonds is 12. The van der Waals surface area contributed by atoms with Crippen LogP contribution < -0.4 is 9.62 Å². The summed E-state index contributed by atoms with van der Waals surface area (Å²) in [4.78, 5) is 41.1. The molecule has 0 saturated carbocycles. The second kappa shape index (κ2) is 13.4. The van der Waals surface area contributed by atoms with E-state index < -0.39 is 28.5 Å². The molecule has 0 saturated heterocycles. The number of anilines is 1. The monoisotopic (exact) mass is 563 g/mol. The third-order valence-corrected chi connectivity index (χ3v) is 7.50. The molecule has 0 unspecified atom stereocenters. The Balaban J connectivity index is 2.07. The van der Waals surface area contributed by atoms with Gasteiger partial charge in [0.2, 0.25) is 21.8 Å². The molecule has 0 radical (unpaired) electrons. The lowest BCUT2D eigenvalue weighted by molar-refractivity contribution is -0.140. The average molecular weight is 564 g/mol. The van der Waals surface area contributed by atoms with Crippen LogP contribution in [-0.4, -0.2) is 55.8 Å². The highest BCUT2D eigenvalue weighted by atomic mass is 32.2. The molecule has 0 aliphatic rings. The van der Waals surface area contributed by atoms with Gasteiger partial charge in [0.05, 0.1) is 11.9 Å². The van der Waals surface area contributed by atoms with E-state index >= 15 is 0 Å². The number of ketones is 1. The summed E-state index contributed by atoms with van der Waals surface area (Å²) in [5, 5.41) is 2.93. The van der Waals surface area contributed by atoms with Crippen molar-refractivity contribution in [3.63, 3.8) is 0 Å². The number of amides is 2. The first kappa shape index (κ1) is 30.6. The molecule has 1 N–H and O–H groups in total. The maximum absolute atomic E-state index is 14.1. The molecule has 0 heterocycles. The highest BCUT2D eigenvalue weighted by Gasteiger charge is 2.33. The molecule has 0 aromatic heterocycles. The Morgan fingerprint density at radius 2 is 1.52 bits per heavy atom. The van der Waals surface area contributed by atoms with E-state index in [0.29, 0.717) is 5.56 Å². The quantitative estimate of drug-likeness (QED) is 0.334. The summed E-state index contributed by atoms with van der Waals surface area (Å²) in [6.45, 7) is 6.59. The highest BCUT2D eigenvalue weighted by molar-refractivity contribution is 7.92. The Kier molecular flexibility index (Phi) is 10.2. The fraction of sp³-hybridized carbons (Fsp3) is 0.323. The maximum atomic E-state index is 14.1. The van der Waals surface area contributed by atoms with Crippen molar-refractivity contribution in [3.8, 4) is 0 Å². The molecule has 0 bridgehead atoms. The van der Waals surface area contributed by atoms with Crippen LogP contribution >= 0.6 is 0 Å². The Hall–Kier alpha value is -3.98. The van der Waals surface area contributed by atoms with E-state index in [4.69, 9.17) is 0 Å². The Labute approximate surface area is 237 Å². The van der Waals surface area contributed by atoms with Crippen molar-refractivity contribution in [2.75, 3.05) is 17.1 Å². The smallest absolute Gasteiger partial charge is 0.244 e. The number of nitrogens with zero attached hydrogens (tertiary/aromatic N) is 2. The van der Waals surface area contributed by atoms with Gasteiger partial charge in [0.15, 0.2) is 5.78 Å². The van der Waals surface area contributed by atoms with Gasteiger partial charge in [0.1, 0.15) is 12.6 Å². The molecule has 1 atom stereocenters. The molecule has 0 spiro atoms. The fourth-order valence-electron chi connectivity index (χ4n) is 4.44. The van der Waals surface area contributed by atoms with Gasteiger partial charge < -0.3 is 10.2 Å². The molecule has 0 aliphatic heterocycles. The van der Waals surface area contributed by atoms with Gasteiger partial charge in [0.25, 0.3) is 0 Å². The summed E-state index contributed by atoms with van der Waals surface area (Å²) < 4.78 is 26.8. The van der Waals surface area contributed by atoms with Gasteiger partial charge in [-0.25, -0.2) is 8.42 Å². The van der Waals surface area contributed by atoms with Crippen molar-refractivity contribution >= 4 is 33.3 Å². The summed E-state index contributed by atoms with van der Waals surface area (Å²) in [7, 11) is -3.92. The number of sulfonamides is 1. The molecule has 212 valence electrons. The normalized spacial score (nSPS) is 12.1. The standard InChI is InChI=1S/C31H37N3O5S/c1-22(2)32-31(37)29(18-25-12-7-6-8-13-25)33(20-26-14-9-11-23(3)17-26)30(36)21-34(40(5,38)39)28-16-10-15-27(19-28)24(4)35/h6-17,19,22,29H,18,20-21H2,1-5H3,(H,32,37)/t29-/m0/s1. The fourth-order valence-corrected chi connectivity index (χ4v) is 5.28. The number of aryl methyl sites for hydroxylation is 1. The SMILES string of the molecule is CC(=O)c1cccc(N(CC(=O)N(Cc2cccc(C)c2)[C@@H](Cc2ccccc2)C(=O)NC(C)C)S(C)(=O)=O)c1. The first-order valence-corrected chi connectivity index (χ1v) is 15.0. The van der Waals surface area contributed by atoms with Gasteiger partial charge in [-0.05, 0) is 51.0 Å². The van der Waals surface area contributed by atoms with Crippen LogP contribution in [0.2, 0.25) is 0 Å². The molecule has 2 amide bonds.